The maximum absolute atomic E-state index is 4.67. The van der Waals surface area contributed by atoms with Crippen LogP contribution < -0.4 is 5.32 Å². The summed E-state index contributed by atoms with van der Waals surface area (Å²) in [7, 11) is 0. The lowest BCUT2D eigenvalue weighted by atomic mass is 10.1. The van der Waals surface area contributed by atoms with Gasteiger partial charge in [-0.15, -0.1) is 0 Å². The first-order valence-corrected chi connectivity index (χ1v) is 7.02. The molecule has 0 saturated heterocycles. The lowest BCUT2D eigenvalue weighted by Crippen LogP contribution is -2.23. The molecule has 2 unspecified atom stereocenters. The predicted octanol–water partition coefficient (Wildman–Crippen LogP) is 3.99. The summed E-state index contributed by atoms with van der Waals surface area (Å²) in [5.74, 6) is 0. The number of aliphatic imine (C=N–C) groups is 1. The molecule has 2 atom stereocenters. The van der Waals surface area contributed by atoms with Crippen LogP contribution in [-0.4, -0.2) is 16.5 Å². The van der Waals surface area contributed by atoms with Gasteiger partial charge in [0.25, 0.3) is 0 Å². The fraction of sp³-hybridized carbons (Fsp3) is 0.500. The summed E-state index contributed by atoms with van der Waals surface area (Å²) in [6.07, 6.45) is 1.17. The Hall–Kier alpha value is -0.960. The minimum absolute atomic E-state index is 0.430. The molecule has 0 amide bonds. The normalized spacial score (nSPS) is 24.4. The van der Waals surface area contributed by atoms with E-state index < -0.39 is 0 Å². The number of hydrogen-bond donors (Lipinski definition) is 1. The molecule has 0 bridgehead atoms. The van der Waals surface area contributed by atoms with E-state index in [0.717, 1.165) is 5.17 Å². The standard InChI is InChI=1S/C14H20N2S/c1-9-6-5-7-13(12(9)4)16-14-15-10(2)8-11(3)17-14/h5-7,10-11H,8H2,1-4H3,(H,15,16). The number of nitrogens with zero attached hydrogens (tertiary/aromatic N) is 1. The van der Waals surface area contributed by atoms with E-state index in [1.54, 1.807) is 0 Å². The summed E-state index contributed by atoms with van der Waals surface area (Å²) in [6.45, 7) is 8.74. The monoisotopic (exact) mass is 248 g/mol. The lowest BCUT2D eigenvalue weighted by Gasteiger charge is -2.23. The number of anilines is 1. The van der Waals surface area contributed by atoms with Crippen molar-refractivity contribution in [3.05, 3.63) is 29.3 Å². The van der Waals surface area contributed by atoms with Crippen molar-refractivity contribution >= 4 is 22.6 Å². The second kappa shape index (κ2) is 5.13. The molecule has 0 saturated carbocycles. The largest absolute Gasteiger partial charge is 0.335 e. The molecule has 0 spiro atoms. The van der Waals surface area contributed by atoms with E-state index >= 15 is 0 Å². The quantitative estimate of drug-likeness (QED) is 0.812. The molecule has 0 aromatic heterocycles. The van der Waals surface area contributed by atoms with Crippen molar-refractivity contribution in [2.75, 3.05) is 5.32 Å². The molecule has 1 aliphatic heterocycles. The van der Waals surface area contributed by atoms with E-state index in [-0.39, 0.29) is 0 Å². The van der Waals surface area contributed by atoms with Gasteiger partial charge >= 0.3 is 0 Å². The van der Waals surface area contributed by atoms with Crippen LogP contribution in [0.2, 0.25) is 0 Å². The van der Waals surface area contributed by atoms with Gasteiger partial charge in [-0.25, -0.2) is 0 Å². The van der Waals surface area contributed by atoms with Gasteiger partial charge < -0.3 is 5.32 Å². The van der Waals surface area contributed by atoms with Crippen LogP contribution in [-0.2, 0) is 0 Å². The van der Waals surface area contributed by atoms with Gasteiger partial charge in [-0.05, 0) is 44.4 Å². The topological polar surface area (TPSA) is 24.4 Å². The van der Waals surface area contributed by atoms with Crippen LogP contribution in [0.5, 0.6) is 0 Å². The zero-order chi connectivity index (χ0) is 12.4. The Bertz CT molecular complexity index is 440. The number of aryl methyl sites for hydroxylation is 1. The first kappa shape index (κ1) is 12.5. The van der Waals surface area contributed by atoms with Crippen LogP contribution in [0.4, 0.5) is 5.69 Å². The Kier molecular flexibility index (Phi) is 3.77. The zero-order valence-corrected chi connectivity index (χ0v) is 11.8. The van der Waals surface area contributed by atoms with Gasteiger partial charge in [0, 0.05) is 10.9 Å². The average Bonchev–Trinajstić information content (AvgIpc) is 2.23. The number of rotatable bonds is 1. The van der Waals surface area contributed by atoms with Gasteiger partial charge in [0.05, 0.1) is 6.04 Å². The first-order chi connectivity index (χ1) is 8.06. The van der Waals surface area contributed by atoms with Crippen molar-refractivity contribution in [3.63, 3.8) is 0 Å². The summed E-state index contributed by atoms with van der Waals surface area (Å²) >= 11 is 1.84. The highest BCUT2D eigenvalue weighted by Crippen LogP contribution is 2.27. The number of thioether (sulfide) groups is 1. The van der Waals surface area contributed by atoms with E-state index in [1.807, 2.05) is 11.8 Å². The summed E-state index contributed by atoms with van der Waals surface area (Å²) < 4.78 is 0. The van der Waals surface area contributed by atoms with Crippen molar-refractivity contribution in [2.45, 2.75) is 45.4 Å². The second-order valence-electron chi connectivity index (χ2n) is 4.82. The molecular formula is C14H20N2S. The number of nitrogens with one attached hydrogen (secondary N) is 1. The second-order valence-corrected chi connectivity index (χ2v) is 6.25. The highest BCUT2D eigenvalue weighted by atomic mass is 32.2. The molecular weight excluding hydrogens is 228 g/mol. The van der Waals surface area contributed by atoms with Gasteiger partial charge in [0.2, 0.25) is 0 Å². The fourth-order valence-electron chi connectivity index (χ4n) is 2.07. The van der Waals surface area contributed by atoms with E-state index in [0.29, 0.717) is 11.3 Å². The number of amidine groups is 1. The van der Waals surface area contributed by atoms with Gasteiger partial charge in [0.15, 0.2) is 5.17 Å². The Balaban J connectivity index is 2.18. The van der Waals surface area contributed by atoms with E-state index in [2.05, 4.69) is 56.2 Å². The Morgan fingerprint density at radius 3 is 2.76 bits per heavy atom. The molecule has 1 N–H and O–H groups in total. The van der Waals surface area contributed by atoms with Gasteiger partial charge in [0.1, 0.15) is 0 Å². The van der Waals surface area contributed by atoms with Crippen LogP contribution in [0.3, 0.4) is 0 Å². The van der Waals surface area contributed by atoms with Crippen LogP contribution in [0.15, 0.2) is 23.2 Å². The third-order valence-electron chi connectivity index (χ3n) is 3.17. The highest BCUT2D eigenvalue weighted by molar-refractivity contribution is 8.14. The molecule has 1 aromatic rings. The van der Waals surface area contributed by atoms with Gasteiger partial charge in [-0.1, -0.05) is 30.8 Å². The maximum Gasteiger partial charge on any atom is 0.161 e. The van der Waals surface area contributed by atoms with Crippen molar-refractivity contribution in [1.29, 1.82) is 0 Å². The van der Waals surface area contributed by atoms with Gasteiger partial charge in [-0.2, -0.15) is 0 Å². The Morgan fingerprint density at radius 1 is 1.29 bits per heavy atom. The maximum atomic E-state index is 4.67. The summed E-state index contributed by atoms with van der Waals surface area (Å²) in [6, 6.07) is 6.78. The average molecular weight is 248 g/mol. The number of benzene rings is 1. The molecule has 2 rings (SSSR count). The summed E-state index contributed by atoms with van der Waals surface area (Å²) in [5.41, 5.74) is 3.80. The molecule has 17 heavy (non-hydrogen) atoms. The van der Waals surface area contributed by atoms with Crippen LogP contribution >= 0.6 is 11.8 Å². The Labute approximate surface area is 108 Å². The van der Waals surface area contributed by atoms with Crippen molar-refractivity contribution in [1.82, 2.24) is 0 Å². The Morgan fingerprint density at radius 2 is 2.06 bits per heavy atom. The minimum Gasteiger partial charge on any atom is -0.335 e. The molecule has 1 aliphatic rings. The highest BCUT2D eigenvalue weighted by Gasteiger charge is 2.18. The fourth-order valence-corrected chi connectivity index (χ4v) is 3.23. The smallest absolute Gasteiger partial charge is 0.161 e. The molecule has 92 valence electrons. The van der Waals surface area contributed by atoms with E-state index in [1.165, 1.54) is 23.2 Å². The SMILES string of the molecule is Cc1cccc(NC2=NC(C)CC(C)S2)c1C. The third-order valence-corrected chi connectivity index (χ3v) is 4.20. The van der Waals surface area contributed by atoms with Crippen molar-refractivity contribution in [2.24, 2.45) is 4.99 Å². The zero-order valence-electron chi connectivity index (χ0n) is 10.9. The molecule has 1 heterocycles. The first-order valence-electron chi connectivity index (χ1n) is 6.14. The molecule has 1 aromatic carbocycles. The summed E-state index contributed by atoms with van der Waals surface area (Å²) in [5, 5.41) is 5.17. The van der Waals surface area contributed by atoms with E-state index in [4.69, 9.17) is 0 Å². The predicted molar refractivity (Wildman–Crippen MR) is 78.1 cm³/mol. The van der Waals surface area contributed by atoms with Crippen molar-refractivity contribution < 1.29 is 0 Å². The molecule has 2 nitrogen and oxygen atoms in total. The van der Waals surface area contributed by atoms with Gasteiger partial charge in [-0.3, -0.25) is 4.99 Å². The molecule has 3 heteroatoms. The van der Waals surface area contributed by atoms with E-state index in [9.17, 15) is 0 Å². The summed E-state index contributed by atoms with van der Waals surface area (Å²) in [4.78, 5) is 4.67. The lowest BCUT2D eigenvalue weighted by molar-refractivity contribution is 0.661. The number of hydrogen-bond acceptors (Lipinski definition) is 3. The molecule has 0 fully saturated rings. The third kappa shape index (κ3) is 3.03. The van der Waals surface area contributed by atoms with Crippen LogP contribution in [0.1, 0.15) is 31.4 Å². The van der Waals surface area contributed by atoms with Crippen molar-refractivity contribution in [3.8, 4) is 0 Å². The van der Waals surface area contributed by atoms with Crippen LogP contribution in [0.25, 0.3) is 0 Å². The minimum atomic E-state index is 0.430. The molecule has 0 aliphatic carbocycles. The molecule has 0 radical (unpaired) electrons. The van der Waals surface area contributed by atoms with Crippen LogP contribution in [0, 0.1) is 13.8 Å².